The van der Waals surface area contributed by atoms with E-state index in [-0.39, 0.29) is 17.4 Å². The number of nitrogens with zero attached hydrogens (tertiary/aromatic N) is 4. The molecule has 1 aromatic carbocycles. The van der Waals surface area contributed by atoms with Crippen molar-refractivity contribution in [3.8, 4) is 10.6 Å². The van der Waals surface area contributed by atoms with E-state index in [0.29, 0.717) is 33.3 Å². The highest BCUT2D eigenvalue weighted by molar-refractivity contribution is 7.17. The van der Waals surface area contributed by atoms with Crippen LogP contribution in [0.1, 0.15) is 39.5 Å². The largest absolute Gasteiger partial charge is 0.321 e. The van der Waals surface area contributed by atoms with Crippen LogP contribution >= 0.6 is 11.3 Å². The van der Waals surface area contributed by atoms with Crippen molar-refractivity contribution in [3.05, 3.63) is 56.4 Å². The number of amides is 2. The van der Waals surface area contributed by atoms with Gasteiger partial charge in [-0.25, -0.2) is 9.67 Å². The lowest BCUT2D eigenvalue weighted by Crippen LogP contribution is -2.23. The summed E-state index contributed by atoms with van der Waals surface area (Å²) in [5.74, 6) is -0.163. The average Bonchev–Trinajstić information content (AvgIpc) is 3.33. The summed E-state index contributed by atoms with van der Waals surface area (Å²) in [7, 11) is 1.60. The van der Waals surface area contributed by atoms with Crippen molar-refractivity contribution in [1.29, 1.82) is 0 Å². The van der Waals surface area contributed by atoms with Crippen molar-refractivity contribution in [2.45, 2.75) is 33.6 Å². The Morgan fingerprint density at radius 1 is 1.10 bits per heavy atom. The van der Waals surface area contributed by atoms with E-state index in [1.54, 1.807) is 31.0 Å². The predicted octanol–water partition coefficient (Wildman–Crippen LogP) is 3.21. The van der Waals surface area contributed by atoms with Gasteiger partial charge in [-0.05, 0) is 57.0 Å². The van der Waals surface area contributed by atoms with E-state index in [1.165, 1.54) is 16.0 Å². The molecule has 2 amide bonds. The van der Waals surface area contributed by atoms with Crippen molar-refractivity contribution in [2.24, 2.45) is 7.05 Å². The van der Waals surface area contributed by atoms with Crippen LogP contribution in [0.4, 0.5) is 11.4 Å². The van der Waals surface area contributed by atoms with Gasteiger partial charge in [-0.3, -0.25) is 14.4 Å². The van der Waals surface area contributed by atoms with Gasteiger partial charge in [0.25, 0.3) is 11.5 Å². The third kappa shape index (κ3) is 3.88. The quantitative estimate of drug-likeness (QED) is 0.676. The normalized spacial score (nSPS) is 13.7. The average molecular weight is 438 g/mol. The molecular weight excluding hydrogens is 414 g/mol. The number of thiazole rings is 1. The van der Waals surface area contributed by atoms with Gasteiger partial charge in [-0.2, -0.15) is 5.10 Å². The molecule has 3 aromatic rings. The fourth-order valence-electron chi connectivity index (χ4n) is 3.65. The summed E-state index contributed by atoms with van der Waals surface area (Å²) in [6.45, 7) is 6.15. The molecule has 0 spiro atoms. The summed E-state index contributed by atoms with van der Waals surface area (Å²) in [4.78, 5) is 44.1. The number of hydrogen-bond donors (Lipinski definition) is 1. The Morgan fingerprint density at radius 2 is 1.81 bits per heavy atom. The highest BCUT2D eigenvalue weighted by Crippen LogP contribution is 2.29. The van der Waals surface area contributed by atoms with Crippen LogP contribution in [-0.2, 0) is 11.8 Å². The number of rotatable bonds is 4. The Kier molecular flexibility index (Phi) is 5.45. The first-order valence-electron chi connectivity index (χ1n) is 10.0. The van der Waals surface area contributed by atoms with Gasteiger partial charge in [-0.1, -0.05) is 0 Å². The molecular formula is C22H23N5O3S. The van der Waals surface area contributed by atoms with Crippen molar-refractivity contribution in [3.63, 3.8) is 0 Å². The number of carbonyl (C=O) groups excluding carboxylic acids is 2. The zero-order valence-electron chi connectivity index (χ0n) is 17.9. The molecule has 0 bridgehead atoms. The third-order valence-electron chi connectivity index (χ3n) is 5.45. The van der Waals surface area contributed by atoms with E-state index in [0.717, 1.165) is 29.9 Å². The van der Waals surface area contributed by atoms with Gasteiger partial charge in [0, 0.05) is 31.4 Å². The Labute approximate surface area is 183 Å². The van der Waals surface area contributed by atoms with Crippen LogP contribution in [0, 0.1) is 20.8 Å². The Bertz CT molecular complexity index is 1240. The van der Waals surface area contributed by atoms with Gasteiger partial charge in [-0.15, -0.1) is 11.3 Å². The molecule has 0 aliphatic carbocycles. The molecule has 0 atom stereocenters. The number of aryl methyl sites for hydroxylation is 3. The van der Waals surface area contributed by atoms with Crippen molar-refractivity contribution < 1.29 is 9.59 Å². The zero-order chi connectivity index (χ0) is 22.3. The first-order valence-corrected chi connectivity index (χ1v) is 10.8. The summed E-state index contributed by atoms with van der Waals surface area (Å²) in [5, 5.41) is 7.58. The summed E-state index contributed by atoms with van der Waals surface area (Å²) >= 11 is 1.19. The van der Waals surface area contributed by atoms with Crippen LogP contribution < -0.4 is 15.8 Å². The molecule has 160 valence electrons. The molecule has 0 saturated carbocycles. The molecule has 2 aromatic heterocycles. The van der Waals surface area contributed by atoms with E-state index in [4.69, 9.17) is 0 Å². The van der Waals surface area contributed by atoms with Crippen LogP contribution in [0.5, 0.6) is 0 Å². The number of benzene rings is 1. The molecule has 31 heavy (non-hydrogen) atoms. The molecule has 4 rings (SSSR count). The molecule has 9 heteroatoms. The maximum Gasteiger partial charge on any atom is 0.277 e. The second-order valence-corrected chi connectivity index (χ2v) is 8.60. The second kappa shape index (κ2) is 8.07. The Hall–Kier alpha value is -3.33. The lowest BCUT2D eigenvalue weighted by atomic mass is 10.1. The lowest BCUT2D eigenvalue weighted by Gasteiger charge is -2.16. The predicted molar refractivity (Wildman–Crippen MR) is 121 cm³/mol. The minimum Gasteiger partial charge on any atom is -0.321 e. The van der Waals surface area contributed by atoms with E-state index < -0.39 is 0 Å². The molecule has 1 fully saturated rings. The third-order valence-corrected chi connectivity index (χ3v) is 6.63. The molecule has 0 unspecified atom stereocenters. The van der Waals surface area contributed by atoms with Gasteiger partial charge in [0.2, 0.25) is 5.91 Å². The molecule has 1 aliphatic rings. The van der Waals surface area contributed by atoms with Crippen molar-refractivity contribution in [1.82, 2.24) is 14.8 Å². The smallest absolute Gasteiger partial charge is 0.277 e. The Morgan fingerprint density at radius 3 is 2.45 bits per heavy atom. The highest BCUT2D eigenvalue weighted by atomic mass is 32.1. The van der Waals surface area contributed by atoms with Gasteiger partial charge < -0.3 is 10.2 Å². The first kappa shape index (κ1) is 20.9. The lowest BCUT2D eigenvalue weighted by molar-refractivity contribution is -0.117. The van der Waals surface area contributed by atoms with Crippen LogP contribution in [0.15, 0.2) is 29.1 Å². The number of aromatic nitrogens is 3. The highest BCUT2D eigenvalue weighted by Gasteiger charge is 2.23. The summed E-state index contributed by atoms with van der Waals surface area (Å²) < 4.78 is 1.29. The van der Waals surface area contributed by atoms with Crippen LogP contribution in [0.25, 0.3) is 10.6 Å². The second-order valence-electron chi connectivity index (χ2n) is 7.60. The maximum absolute atomic E-state index is 12.9. The molecule has 1 N–H and O–H groups in total. The van der Waals surface area contributed by atoms with Gasteiger partial charge in [0.1, 0.15) is 9.88 Å². The number of nitrogens with one attached hydrogen (secondary N) is 1. The SMILES string of the molecule is Cc1nc(-c2c(C)c(C)nn(C)c2=O)sc1C(=O)Nc1ccc(N2CCCC2=O)cc1. The van der Waals surface area contributed by atoms with Gasteiger partial charge in [0.15, 0.2) is 0 Å². The van der Waals surface area contributed by atoms with Crippen molar-refractivity contribution in [2.75, 3.05) is 16.8 Å². The van der Waals surface area contributed by atoms with Crippen molar-refractivity contribution >= 4 is 34.5 Å². The molecule has 1 aliphatic heterocycles. The van der Waals surface area contributed by atoms with Crippen LogP contribution in [0.3, 0.4) is 0 Å². The topological polar surface area (TPSA) is 97.2 Å². The monoisotopic (exact) mass is 437 g/mol. The fourth-order valence-corrected chi connectivity index (χ4v) is 4.70. The maximum atomic E-state index is 12.9. The fraction of sp³-hybridized carbons (Fsp3) is 0.318. The first-order chi connectivity index (χ1) is 14.8. The standard InChI is InChI=1S/C22H23N5O3S/c1-12-13(2)25-26(4)22(30)18(12)21-23-14(3)19(31-21)20(29)24-15-7-9-16(10-8-15)27-11-5-6-17(27)28/h7-10H,5-6,11H2,1-4H3,(H,24,29). The van der Waals surface area contributed by atoms with E-state index in [9.17, 15) is 14.4 Å². The summed E-state index contributed by atoms with van der Waals surface area (Å²) in [6.07, 6.45) is 1.44. The summed E-state index contributed by atoms with van der Waals surface area (Å²) in [6, 6.07) is 7.22. The van der Waals surface area contributed by atoms with E-state index in [1.807, 2.05) is 26.0 Å². The Balaban J connectivity index is 1.58. The minimum atomic E-state index is -0.286. The van der Waals surface area contributed by atoms with Crippen LogP contribution in [0.2, 0.25) is 0 Å². The number of carbonyl (C=O) groups is 2. The molecule has 1 saturated heterocycles. The van der Waals surface area contributed by atoms with E-state index in [2.05, 4.69) is 15.4 Å². The number of anilines is 2. The molecule has 8 nitrogen and oxygen atoms in total. The van der Waals surface area contributed by atoms with E-state index >= 15 is 0 Å². The minimum absolute atomic E-state index is 0.123. The zero-order valence-corrected chi connectivity index (χ0v) is 18.7. The van der Waals surface area contributed by atoms with Crippen LogP contribution in [-0.4, -0.2) is 33.1 Å². The molecule has 3 heterocycles. The number of hydrogen-bond acceptors (Lipinski definition) is 6. The molecule has 0 radical (unpaired) electrons. The summed E-state index contributed by atoms with van der Waals surface area (Å²) in [5.41, 5.74) is 3.76. The van der Waals surface area contributed by atoms with Gasteiger partial charge >= 0.3 is 0 Å². The van der Waals surface area contributed by atoms with Gasteiger partial charge in [0.05, 0.1) is 17.0 Å².